The lowest BCUT2D eigenvalue weighted by Gasteiger charge is -2.09. The first-order chi connectivity index (χ1) is 7.18. The van der Waals surface area contributed by atoms with Crippen molar-refractivity contribution in [3.63, 3.8) is 0 Å². The van der Waals surface area contributed by atoms with Gasteiger partial charge in [-0.05, 0) is 30.2 Å². The van der Waals surface area contributed by atoms with Crippen LogP contribution < -0.4 is 0 Å². The van der Waals surface area contributed by atoms with Gasteiger partial charge in [0.05, 0.1) is 0 Å². The van der Waals surface area contributed by atoms with Gasteiger partial charge >= 0.3 is 0 Å². The molecule has 0 spiro atoms. The molecule has 15 heavy (non-hydrogen) atoms. The first-order valence-electron chi connectivity index (χ1n) is 4.75. The third-order valence-corrected chi connectivity index (χ3v) is 2.45. The molecule has 2 aromatic rings. The lowest BCUT2D eigenvalue weighted by molar-refractivity contribution is 0.220. The van der Waals surface area contributed by atoms with Gasteiger partial charge in [0.25, 0.3) is 0 Å². The Balaban J connectivity index is 2.34. The minimum Gasteiger partial charge on any atom is -0.384 e. The van der Waals surface area contributed by atoms with Crippen LogP contribution >= 0.6 is 0 Å². The number of aliphatic hydroxyl groups is 1. The molecule has 0 bridgehead atoms. The number of aliphatic hydroxyl groups excluding tert-OH is 1. The van der Waals surface area contributed by atoms with Gasteiger partial charge in [0.2, 0.25) is 0 Å². The van der Waals surface area contributed by atoms with Gasteiger partial charge in [0.15, 0.2) is 0 Å². The number of hydrogen-bond donors (Lipinski definition) is 2. The van der Waals surface area contributed by atoms with Crippen molar-refractivity contribution in [2.75, 3.05) is 0 Å². The van der Waals surface area contributed by atoms with E-state index >= 15 is 0 Å². The molecule has 0 aliphatic heterocycles. The number of aromatic nitrogens is 1. The van der Waals surface area contributed by atoms with Crippen molar-refractivity contribution in [1.82, 2.24) is 4.98 Å². The molecular formula is C12H12FNO. The summed E-state index contributed by atoms with van der Waals surface area (Å²) in [6.45, 7) is 1.70. The van der Waals surface area contributed by atoms with Crippen LogP contribution in [0.4, 0.5) is 4.39 Å². The van der Waals surface area contributed by atoms with E-state index in [0.29, 0.717) is 11.1 Å². The van der Waals surface area contributed by atoms with Crippen molar-refractivity contribution >= 4 is 0 Å². The Bertz CT molecular complexity index is 451. The number of hydrogen-bond acceptors (Lipinski definition) is 1. The second kappa shape index (κ2) is 3.87. The fourth-order valence-electron chi connectivity index (χ4n) is 1.48. The van der Waals surface area contributed by atoms with Crippen LogP contribution in [0.5, 0.6) is 0 Å². The van der Waals surface area contributed by atoms with E-state index in [1.807, 2.05) is 0 Å². The highest BCUT2D eigenvalue weighted by molar-refractivity contribution is 5.31. The van der Waals surface area contributed by atoms with Crippen LogP contribution in [0.25, 0.3) is 0 Å². The van der Waals surface area contributed by atoms with Crippen LogP contribution in [0.2, 0.25) is 0 Å². The van der Waals surface area contributed by atoms with Gasteiger partial charge in [-0.25, -0.2) is 4.39 Å². The first-order valence-corrected chi connectivity index (χ1v) is 4.75. The number of aryl methyl sites for hydroxylation is 1. The van der Waals surface area contributed by atoms with Crippen molar-refractivity contribution < 1.29 is 9.50 Å². The number of H-pyrrole nitrogens is 1. The number of nitrogens with one attached hydrogen (secondary N) is 1. The molecule has 0 fully saturated rings. The van der Waals surface area contributed by atoms with Gasteiger partial charge in [-0.1, -0.05) is 12.1 Å². The zero-order valence-corrected chi connectivity index (χ0v) is 8.37. The van der Waals surface area contributed by atoms with Crippen molar-refractivity contribution in [2.45, 2.75) is 13.0 Å². The van der Waals surface area contributed by atoms with Gasteiger partial charge < -0.3 is 10.1 Å². The number of aromatic amines is 1. The average Bonchev–Trinajstić information content (AvgIpc) is 2.74. The van der Waals surface area contributed by atoms with Crippen LogP contribution in [-0.2, 0) is 0 Å². The standard InChI is InChI=1S/C12H12FNO/c1-8-2-3-9(6-11(8)13)12(15)10-4-5-14-7-10/h2-7,12,14-15H,1H3. The smallest absolute Gasteiger partial charge is 0.126 e. The molecule has 2 rings (SSSR count). The Morgan fingerprint density at radius 2 is 2.07 bits per heavy atom. The van der Waals surface area contributed by atoms with Crippen molar-refractivity contribution in [1.29, 1.82) is 0 Å². The summed E-state index contributed by atoms with van der Waals surface area (Å²) in [7, 11) is 0. The largest absolute Gasteiger partial charge is 0.384 e. The fraction of sp³-hybridized carbons (Fsp3) is 0.167. The van der Waals surface area contributed by atoms with Gasteiger partial charge in [-0.3, -0.25) is 0 Å². The molecule has 0 saturated carbocycles. The highest BCUT2D eigenvalue weighted by Gasteiger charge is 2.11. The van der Waals surface area contributed by atoms with Crippen molar-refractivity contribution in [3.8, 4) is 0 Å². The summed E-state index contributed by atoms with van der Waals surface area (Å²) in [5.74, 6) is -0.290. The predicted octanol–water partition coefficient (Wildman–Crippen LogP) is 2.54. The summed E-state index contributed by atoms with van der Waals surface area (Å²) in [6, 6.07) is 6.53. The summed E-state index contributed by atoms with van der Waals surface area (Å²) < 4.78 is 13.3. The first kappa shape index (κ1) is 9.93. The number of benzene rings is 1. The van der Waals surface area contributed by atoms with Crippen LogP contribution in [0.15, 0.2) is 36.7 Å². The number of rotatable bonds is 2. The van der Waals surface area contributed by atoms with Gasteiger partial charge in [0, 0.05) is 18.0 Å². The molecule has 1 aromatic heterocycles. The highest BCUT2D eigenvalue weighted by Crippen LogP contribution is 2.22. The second-order valence-electron chi connectivity index (χ2n) is 3.56. The van der Waals surface area contributed by atoms with Gasteiger partial charge in [0.1, 0.15) is 11.9 Å². The van der Waals surface area contributed by atoms with E-state index in [1.165, 1.54) is 6.07 Å². The van der Waals surface area contributed by atoms with E-state index in [0.717, 1.165) is 5.56 Å². The number of halogens is 1. The maximum atomic E-state index is 13.3. The summed E-state index contributed by atoms with van der Waals surface area (Å²) >= 11 is 0. The minimum atomic E-state index is -0.772. The molecule has 1 aromatic carbocycles. The molecule has 1 atom stereocenters. The zero-order chi connectivity index (χ0) is 10.8. The molecule has 78 valence electrons. The third kappa shape index (κ3) is 1.92. The summed E-state index contributed by atoms with van der Waals surface area (Å²) in [6.07, 6.45) is 2.65. The fourth-order valence-corrected chi connectivity index (χ4v) is 1.48. The molecule has 2 N–H and O–H groups in total. The Labute approximate surface area is 87.4 Å². The summed E-state index contributed by atoms with van der Waals surface area (Å²) in [4.78, 5) is 2.85. The average molecular weight is 205 g/mol. The van der Waals surface area contributed by atoms with Crippen LogP contribution in [0.3, 0.4) is 0 Å². The minimum absolute atomic E-state index is 0.290. The Kier molecular flexibility index (Phi) is 2.56. The quantitative estimate of drug-likeness (QED) is 0.776. The molecule has 0 radical (unpaired) electrons. The lowest BCUT2D eigenvalue weighted by atomic mass is 10.0. The molecule has 0 saturated heterocycles. The molecule has 1 unspecified atom stereocenters. The summed E-state index contributed by atoms with van der Waals surface area (Å²) in [5, 5.41) is 9.91. The van der Waals surface area contributed by atoms with Gasteiger partial charge in [-0.15, -0.1) is 0 Å². The normalized spacial score (nSPS) is 12.7. The monoisotopic (exact) mass is 205 g/mol. The van der Waals surface area contributed by atoms with E-state index in [2.05, 4.69) is 4.98 Å². The second-order valence-corrected chi connectivity index (χ2v) is 3.56. The SMILES string of the molecule is Cc1ccc(C(O)c2cc[nH]c2)cc1F. The molecular weight excluding hydrogens is 193 g/mol. The summed E-state index contributed by atoms with van der Waals surface area (Å²) in [5.41, 5.74) is 1.89. The molecule has 1 heterocycles. The maximum absolute atomic E-state index is 13.3. The molecule has 0 aliphatic carbocycles. The van der Waals surface area contributed by atoms with E-state index < -0.39 is 6.10 Å². The molecule has 2 nitrogen and oxygen atoms in total. The predicted molar refractivity (Wildman–Crippen MR) is 56.0 cm³/mol. The highest BCUT2D eigenvalue weighted by atomic mass is 19.1. The topological polar surface area (TPSA) is 36.0 Å². The van der Waals surface area contributed by atoms with Crippen molar-refractivity contribution in [3.05, 3.63) is 59.2 Å². The Hall–Kier alpha value is -1.61. The van der Waals surface area contributed by atoms with E-state index in [4.69, 9.17) is 0 Å². The maximum Gasteiger partial charge on any atom is 0.126 e. The third-order valence-electron chi connectivity index (χ3n) is 2.45. The van der Waals surface area contributed by atoms with Crippen LogP contribution in [0.1, 0.15) is 22.8 Å². The molecule has 0 amide bonds. The van der Waals surface area contributed by atoms with Crippen LogP contribution in [0, 0.1) is 12.7 Å². The zero-order valence-electron chi connectivity index (χ0n) is 8.37. The van der Waals surface area contributed by atoms with E-state index in [-0.39, 0.29) is 5.82 Å². The van der Waals surface area contributed by atoms with Crippen molar-refractivity contribution in [2.24, 2.45) is 0 Å². The van der Waals surface area contributed by atoms with Gasteiger partial charge in [-0.2, -0.15) is 0 Å². The molecule has 3 heteroatoms. The Morgan fingerprint density at radius 1 is 1.27 bits per heavy atom. The van der Waals surface area contributed by atoms with Crippen LogP contribution in [-0.4, -0.2) is 10.1 Å². The Morgan fingerprint density at radius 3 is 2.67 bits per heavy atom. The van der Waals surface area contributed by atoms with E-state index in [9.17, 15) is 9.50 Å². The molecule has 0 aliphatic rings. The van der Waals surface area contributed by atoms with E-state index in [1.54, 1.807) is 37.5 Å². The lowest BCUT2D eigenvalue weighted by Crippen LogP contribution is -1.99.